The number of rotatable bonds is 1. The molecular formula is C9H9FN2. The molecule has 0 N–H and O–H groups in total. The summed E-state index contributed by atoms with van der Waals surface area (Å²) in [6, 6.07) is 0. The van der Waals surface area contributed by atoms with Crippen LogP contribution in [-0.4, -0.2) is 9.97 Å². The molecular weight excluding hydrogens is 155 g/mol. The van der Waals surface area contributed by atoms with Gasteiger partial charge in [-0.25, -0.2) is 9.97 Å². The fourth-order valence-electron chi connectivity index (χ4n) is 0.793. The predicted octanol–water partition coefficient (Wildman–Crippen LogP) is 0.301. The minimum absolute atomic E-state index is 0.274. The zero-order valence-electron chi connectivity index (χ0n) is 6.84. The molecule has 0 fully saturated rings. The van der Waals surface area contributed by atoms with E-state index in [-0.39, 0.29) is 5.69 Å². The minimum Gasteiger partial charge on any atom is -0.247 e. The molecule has 2 nitrogen and oxygen atoms in total. The van der Waals surface area contributed by atoms with Crippen LogP contribution in [0.4, 0.5) is 4.39 Å². The van der Waals surface area contributed by atoms with Gasteiger partial charge in [0.1, 0.15) is 0 Å². The average Bonchev–Trinajstić information content (AvgIpc) is 2.01. The van der Waals surface area contributed by atoms with Crippen molar-refractivity contribution in [1.82, 2.24) is 9.97 Å². The lowest BCUT2D eigenvalue weighted by Gasteiger charge is -1.93. The Balaban J connectivity index is 3.54. The highest BCUT2D eigenvalue weighted by molar-refractivity contribution is 5.32. The summed E-state index contributed by atoms with van der Waals surface area (Å²) < 4.78 is 12.7. The first-order chi connectivity index (χ1) is 5.65. The van der Waals surface area contributed by atoms with Crippen molar-refractivity contribution in [3.8, 4) is 0 Å². The largest absolute Gasteiger partial charge is 0.247 e. The maximum Gasteiger partial charge on any atom is 0.234 e. The van der Waals surface area contributed by atoms with Crippen molar-refractivity contribution >= 4 is 12.7 Å². The van der Waals surface area contributed by atoms with E-state index in [0.717, 1.165) is 0 Å². The molecule has 1 rings (SSSR count). The minimum atomic E-state index is -0.568. The first kappa shape index (κ1) is 8.59. The highest BCUT2D eigenvalue weighted by Crippen LogP contribution is 1.89. The molecule has 3 heteroatoms. The van der Waals surface area contributed by atoms with E-state index in [4.69, 9.17) is 0 Å². The van der Waals surface area contributed by atoms with Crippen molar-refractivity contribution < 1.29 is 4.39 Å². The van der Waals surface area contributed by atoms with Crippen LogP contribution in [0.2, 0.25) is 0 Å². The Morgan fingerprint density at radius 3 is 2.67 bits per heavy atom. The summed E-state index contributed by atoms with van der Waals surface area (Å²) >= 11 is 0. The molecule has 0 unspecified atom stereocenters. The standard InChI is InChI=1S/C9H9FN2/c1-4-5-8-6(2)12-9(10)7(3)11-8/h4-5H,1-2H2,3H3. The van der Waals surface area contributed by atoms with Gasteiger partial charge in [-0.15, -0.1) is 0 Å². The first-order valence-electron chi connectivity index (χ1n) is 3.47. The van der Waals surface area contributed by atoms with Crippen LogP contribution in [-0.2, 0) is 0 Å². The van der Waals surface area contributed by atoms with Crippen molar-refractivity contribution in [2.75, 3.05) is 0 Å². The lowest BCUT2D eigenvalue weighted by atomic mass is 10.4. The van der Waals surface area contributed by atoms with Gasteiger partial charge in [0, 0.05) is 0 Å². The smallest absolute Gasteiger partial charge is 0.234 e. The molecule has 0 aliphatic heterocycles. The highest BCUT2D eigenvalue weighted by atomic mass is 19.1. The Kier molecular flexibility index (Phi) is 2.33. The number of hydrogen-bond acceptors (Lipinski definition) is 2. The van der Waals surface area contributed by atoms with Crippen LogP contribution in [0, 0.1) is 12.9 Å². The van der Waals surface area contributed by atoms with Gasteiger partial charge >= 0.3 is 0 Å². The third-order valence-corrected chi connectivity index (χ3v) is 1.39. The van der Waals surface area contributed by atoms with Crippen LogP contribution in [0.5, 0.6) is 0 Å². The van der Waals surface area contributed by atoms with E-state index in [9.17, 15) is 4.39 Å². The second kappa shape index (κ2) is 3.26. The van der Waals surface area contributed by atoms with Gasteiger partial charge in [-0.05, 0) is 13.0 Å². The van der Waals surface area contributed by atoms with E-state index in [2.05, 4.69) is 23.1 Å². The predicted molar refractivity (Wildman–Crippen MR) is 46.2 cm³/mol. The van der Waals surface area contributed by atoms with E-state index in [1.807, 2.05) is 0 Å². The molecule has 0 saturated carbocycles. The molecule has 0 amide bonds. The van der Waals surface area contributed by atoms with Crippen molar-refractivity contribution in [3.63, 3.8) is 0 Å². The molecule has 62 valence electrons. The lowest BCUT2D eigenvalue weighted by Crippen LogP contribution is -2.32. The lowest BCUT2D eigenvalue weighted by molar-refractivity contribution is 0.558. The molecule has 0 saturated heterocycles. The van der Waals surface area contributed by atoms with E-state index in [1.54, 1.807) is 19.1 Å². The van der Waals surface area contributed by atoms with Crippen molar-refractivity contribution in [3.05, 3.63) is 35.0 Å². The molecule has 0 aliphatic rings. The van der Waals surface area contributed by atoms with Gasteiger partial charge in [-0.3, -0.25) is 0 Å². The summed E-state index contributed by atoms with van der Waals surface area (Å²) in [5.74, 6) is -0.568. The molecule has 0 atom stereocenters. The van der Waals surface area contributed by atoms with Gasteiger partial charge in [-0.1, -0.05) is 19.2 Å². The fraction of sp³-hybridized carbons (Fsp3) is 0.111. The Labute approximate surface area is 69.8 Å². The summed E-state index contributed by atoms with van der Waals surface area (Å²) in [4.78, 5) is 7.51. The third kappa shape index (κ3) is 1.56. The van der Waals surface area contributed by atoms with E-state index >= 15 is 0 Å². The Morgan fingerprint density at radius 2 is 2.08 bits per heavy atom. The molecule has 1 aromatic rings. The second-order valence-electron chi connectivity index (χ2n) is 2.33. The van der Waals surface area contributed by atoms with Crippen molar-refractivity contribution in [1.29, 1.82) is 0 Å². The molecule has 0 aromatic carbocycles. The fourth-order valence-corrected chi connectivity index (χ4v) is 0.793. The molecule has 0 spiro atoms. The molecule has 0 radical (unpaired) electrons. The quantitative estimate of drug-likeness (QED) is 0.596. The Morgan fingerprint density at radius 1 is 1.42 bits per heavy atom. The van der Waals surface area contributed by atoms with Crippen LogP contribution in [0.1, 0.15) is 5.69 Å². The monoisotopic (exact) mass is 164 g/mol. The first-order valence-corrected chi connectivity index (χ1v) is 3.47. The summed E-state index contributed by atoms with van der Waals surface area (Å²) in [6.45, 7) is 8.61. The number of halogens is 1. The number of aromatic nitrogens is 2. The SMILES string of the molecule is C=CC=c1nc(C)c(F)nc1=C. The van der Waals surface area contributed by atoms with Crippen LogP contribution in [0.3, 0.4) is 0 Å². The van der Waals surface area contributed by atoms with Crippen LogP contribution in [0.25, 0.3) is 12.7 Å². The highest BCUT2D eigenvalue weighted by Gasteiger charge is 1.97. The number of hydrogen-bond donors (Lipinski definition) is 0. The number of nitrogens with zero attached hydrogens (tertiary/aromatic N) is 2. The molecule has 12 heavy (non-hydrogen) atoms. The second-order valence-corrected chi connectivity index (χ2v) is 2.33. The van der Waals surface area contributed by atoms with Crippen LogP contribution < -0.4 is 10.7 Å². The van der Waals surface area contributed by atoms with Crippen molar-refractivity contribution in [2.45, 2.75) is 6.92 Å². The van der Waals surface area contributed by atoms with Gasteiger partial charge in [0.05, 0.1) is 16.4 Å². The summed E-state index contributed by atoms with van der Waals surface area (Å²) in [5.41, 5.74) is 0.274. The van der Waals surface area contributed by atoms with Crippen molar-refractivity contribution in [2.24, 2.45) is 0 Å². The van der Waals surface area contributed by atoms with Gasteiger partial charge in [-0.2, -0.15) is 4.39 Å². The summed E-state index contributed by atoms with van der Waals surface area (Å²) in [5, 5.41) is 0.891. The average molecular weight is 164 g/mol. The normalized spacial score (nSPS) is 11.7. The molecule has 1 heterocycles. The number of allylic oxidation sites excluding steroid dienone is 1. The molecule has 1 aromatic heterocycles. The topological polar surface area (TPSA) is 25.8 Å². The number of aryl methyl sites for hydroxylation is 1. The van der Waals surface area contributed by atoms with Gasteiger partial charge in [0.15, 0.2) is 0 Å². The van der Waals surface area contributed by atoms with Crippen LogP contribution in [0.15, 0.2) is 12.7 Å². The maximum atomic E-state index is 12.7. The molecule has 0 bridgehead atoms. The zero-order chi connectivity index (χ0) is 9.14. The maximum absolute atomic E-state index is 12.7. The summed E-state index contributed by atoms with van der Waals surface area (Å²) in [7, 11) is 0. The van der Waals surface area contributed by atoms with Gasteiger partial charge in [0.2, 0.25) is 5.95 Å². The van der Waals surface area contributed by atoms with Gasteiger partial charge < -0.3 is 0 Å². The zero-order valence-corrected chi connectivity index (χ0v) is 6.84. The van der Waals surface area contributed by atoms with E-state index in [0.29, 0.717) is 10.7 Å². The Hall–Kier alpha value is -1.51. The molecule has 0 aliphatic carbocycles. The van der Waals surface area contributed by atoms with E-state index in [1.165, 1.54) is 0 Å². The van der Waals surface area contributed by atoms with E-state index < -0.39 is 5.95 Å². The third-order valence-electron chi connectivity index (χ3n) is 1.39. The van der Waals surface area contributed by atoms with Crippen LogP contribution >= 0.6 is 0 Å². The Bertz CT molecular complexity index is 409. The van der Waals surface area contributed by atoms with Gasteiger partial charge in [0.25, 0.3) is 0 Å². The summed E-state index contributed by atoms with van der Waals surface area (Å²) in [6.07, 6.45) is 3.21.